The highest BCUT2D eigenvalue weighted by Gasteiger charge is 2.59. The molecule has 7 rings (SSSR count). The Hall–Kier alpha value is -4.54. The summed E-state index contributed by atoms with van der Waals surface area (Å²) in [6.45, 7) is 4.67. The van der Waals surface area contributed by atoms with Crippen molar-refractivity contribution < 1.29 is 43.8 Å². The summed E-state index contributed by atoms with van der Waals surface area (Å²) in [6.07, 6.45) is 4.86. The molecule has 0 radical (unpaired) electrons. The van der Waals surface area contributed by atoms with E-state index in [0.29, 0.717) is 17.7 Å². The Morgan fingerprint density at radius 1 is 1.10 bits per heavy atom. The minimum absolute atomic E-state index is 0.0396. The lowest BCUT2D eigenvalue weighted by Crippen LogP contribution is -2.72. The molecule has 5 aromatic rings. The molecule has 306 valence electrons. The van der Waals surface area contributed by atoms with E-state index in [1.165, 1.54) is 64.1 Å². The Morgan fingerprint density at radius 3 is 2.67 bits per heavy atom. The number of aromatic nitrogens is 1. The van der Waals surface area contributed by atoms with Gasteiger partial charge in [-0.1, -0.05) is 84.0 Å². The normalized spacial score (nSPS) is 26.3. The molecule has 2 aliphatic rings. The smallest absolute Gasteiger partial charge is 0.335 e. The molecule has 14 heteroatoms. The minimum atomic E-state index is -2.09. The molecule has 0 aliphatic carbocycles. The van der Waals surface area contributed by atoms with Gasteiger partial charge in [0.05, 0.1) is 10.9 Å². The zero-order valence-corrected chi connectivity index (χ0v) is 33.8. The van der Waals surface area contributed by atoms with E-state index in [2.05, 4.69) is 60.6 Å². The number of phenols is 1. The minimum Gasteiger partial charge on any atom is -0.508 e. The summed E-state index contributed by atoms with van der Waals surface area (Å²) in [5, 5.41) is 47.4. The number of carboxylic acids is 1. The van der Waals surface area contributed by atoms with Gasteiger partial charge < -0.3 is 49.4 Å². The zero-order valence-electron chi connectivity index (χ0n) is 32.2. The van der Waals surface area contributed by atoms with Crippen LogP contribution in [-0.2, 0) is 20.7 Å². The molecule has 0 bridgehead atoms. The molecule has 3 aromatic carbocycles. The number of aryl methyl sites for hydroxylation is 1. The van der Waals surface area contributed by atoms with Crippen molar-refractivity contribution in [3.05, 3.63) is 124 Å². The highest BCUT2D eigenvalue weighted by atomic mass is 33.1. The fourth-order valence-corrected chi connectivity index (χ4v) is 9.95. The highest BCUT2D eigenvalue weighted by molar-refractivity contribution is 8.76. The van der Waals surface area contributed by atoms with Gasteiger partial charge in [0.2, 0.25) is 6.29 Å². The SMILES string of the molecule is CCc1ccccc1/C=C/C[C@H](C)[C@H]1CNC[C@]2(O)[C@H](Oc3ccc4c(=O)c(-c5ccc(O)cc5)coc4c3)O[C@H](C(=O)O)[C@@H](O)[C@@H]2OCSSC[C@H]1c1cc[nH]c1. The van der Waals surface area contributed by atoms with Crippen molar-refractivity contribution in [1.29, 1.82) is 0 Å². The number of allylic oxidation sites excluding steroid dienone is 1. The molecule has 0 amide bonds. The van der Waals surface area contributed by atoms with E-state index in [4.69, 9.17) is 18.6 Å². The van der Waals surface area contributed by atoms with Gasteiger partial charge in [-0.3, -0.25) is 4.79 Å². The number of aliphatic carboxylic acids is 1. The van der Waals surface area contributed by atoms with E-state index in [-0.39, 0.29) is 58.1 Å². The number of nitrogens with one attached hydrogen (secondary N) is 2. The number of fused-ring (bicyclic) bond motifs is 2. The Kier molecular flexibility index (Phi) is 13.3. The summed E-state index contributed by atoms with van der Waals surface area (Å²) in [4.78, 5) is 29.1. The zero-order chi connectivity index (χ0) is 40.8. The summed E-state index contributed by atoms with van der Waals surface area (Å²) < 4.78 is 24.1. The van der Waals surface area contributed by atoms with Crippen molar-refractivity contribution in [1.82, 2.24) is 10.3 Å². The average molecular weight is 829 g/mol. The van der Waals surface area contributed by atoms with Gasteiger partial charge in [0.15, 0.2) is 17.1 Å². The molecule has 6 N–H and O–H groups in total. The third-order valence-electron chi connectivity index (χ3n) is 11.2. The number of benzene rings is 3. The number of hydrogen-bond acceptors (Lipinski definition) is 12. The number of carboxylic acid groups (broad SMARTS) is 1. The van der Waals surface area contributed by atoms with Crippen LogP contribution in [0.4, 0.5) is 0 Å². The number of aromatic hydroxyl groups is 1. The maximum atomic E-state index is 13.5. The lowest BCUT2D eigenvalue weighted by Gasteiger charge is -2.48. The van der Waals surface area contributed by atoms with E-state index in [0.717, 1.165) is 18.6 Å². The molecule has 0 saturated carbocycles. The average Bonchev–Trinajstić information content (AvgIpc) is 3.75. The molecule has 2 aliphatic heterocycles. The van der Waals surface area contributed by atoms with E-state index in [1.807, 2.05) is 18.5 Å². The number of aromatic amines is 1. The fraction of sp³-hybridized carbons (Fsp3) is 0.364. The highest BCUT2D eigenvalue weighted by Crippen LogP contribution is 2.41. The number of hydrogen-bond donors (Lipinski definition) is 6. The quantitative estimate of drug-likeness (QED) is 0.0809. The molecule has 0 unspecified atom stereocenters. The molecule has 0 spiro atoms. The van der Waals surface area contributed by atoms with Crippen molar-refractivity contribution in [3.63, 3.8) is 0 Å². The van der Waals surface area contributed by atoms with Gasteiger partial charge in [-0.15, -0.1) is 0 Å². The van der Waals surface area contributed by atoms with Crippen molar-refractivity contribution in [2.75, 3.05) is 24.8 Å². The number of β-amino-alcohol motifs (C(OH)–C–C–N with tert-alkyl or cyclic N) is 1. The molecule has 12 nitrogen and oxygen atoms in total. The van der Waals surface area contributed by atoms with Crippen LogP contribution in [-0.4, -0.2) is 86.4 Å². The number of aliphatic hydroxyl groups is 2. The maximum absolute atomic E-state index is 13.5. The van der Waals surface area contributed by atoms with Crippen LogP contribution < -0.4 is 15.5 Å². The van der Waals surface area contributed by atoms with Gasteiger partial charge in [-0.2, -0.15) is 0 Å². The first-order chi connectivity index (χ1) is 28.1. The molecule has 2 aromatic heterocycles. The second kappa shape index (κ2) is 18.6. The van der Waals surface area contributed by atoms with E-state index < -0.39 is 36.2 Å². The van der Waals surface area contributed by atoms with E-state index in [9.17, 15) is 30.0 Å². The van der Waals surface area contributed by atoms with Crippen LogP contribution >= 0.6 is 21.6 Å². The summed E-state index contributed by atoms with van der Waals surface area (Å²) in [7, 11) is 3.04. The predicted octanol–water partition coefficient (Wildman–Crippen LogP) is 6.80. The van der Waals surface area contributed by atoms with Gasteiger partial charge in [-0.25, -0.2) is 4.79 Å². The summed E-state index contributed by atoms with van der Waals surface area (Å²) >= 11 is 0. The first kappa shape index (κ1) is 41.6. The standard InChI is InChI=1S/C44H48N2O10S2/c1-3-27-8-4-5-9-28(27)10-6-7-26(2)34-21-46-24-44(52)41(54-25-58-57-23-36(34)30-17-18-45-20-30)39(49)40(42(50)51)56-43(44)55-32-15-16-33-37(19-32)53-22-35(38(33)48)29-11-13-31(47)14-12-29/h4-6,8-20,22,26,34,36,39-41,43,45-47,49,52H,3,7,21,23-25H2,1-2H3,(H,50,51)/b10-6+/t26-,34+,36-,39+,40-,41-,43+,44+/m0/s1. The Morgan fingerprint density at radius 2 is 1.91 bits per heavy atom. The van der Waals surface area contributed by atoms with E-state index >= 15 is 0 Å². The lowest BCUT2D eigenvalue weighted by atomic mass is 9.78. The van der Waals surface area contributed by atoms with Crippen LogP contribution in [0.25, 0.3) is 28.2 Å². The molecule has 4 heterocycles. The summed E-state index contributed by atoms with van der Waals surface area (Å²) in [5.74, 6) is -0.0322. The van der Waals surface area contributed by atoms with Gasteiger partial charge in [0.1, 0.15) is 41.5 Å². The topological polar surface area (TPSA) is 184 Å². The summed E-state index contributed by atoms with van der Waals surface area (Å²) in [6, 6.07) is 21.1. The number of H-pyrrole nitrogens is 1. The Bertz CT molecular complexity index is 2250. The van der Waals surface area contributed by atoms with Crippen LogP contribution in [0.1, 0.15) is 42.9 Å². The first-order valence-electron chi connectivity index (χ1n) is 19.3. The Balaban J connectivity index is 1.17. The molecule has 2 fully saturated rings. The van der Waals surface area contributed by atoms with Crippen molar-refractivity contribution >= 4 is 44.6 Å². The van der Waals surface area contributed by atoms with Crippen LogP contribution in [0.2, 0.25) is 0 Å². The van der Waals surface area contributed by atoms with Crippen molar-refractivity contribution in [3.8, 4) is 22.6 Å². The van der Waals surface area contributed by atoms with Crippen molar-refractivity contribution in [2.24, 2.45) is 11.8 Å². The number of carbonyl (C=O) groups is 1. The molecule has 2 saturated heterocycles. The molecule has 58 heavy (non-hydrogen) atoms. The number of ether oxygens (including phenoxy) is 3. The van der Waals surface area contributed by atoms with Crippen LogP contribution in [0, 0.1) is 11.8 Å². The van der Waals surface area contributed by atoms with Gasteiger partial charge in [0, 0.05) is 30.8 Å². The predicted molar refractivity (Wildman–Crippen MR) is 226 cm³/mol. The van der Waals surface area contributed by atoms with Crippen LogP contribution in [0.3, 0.4) is 0 Å². The van der Waals surface area contributed by atoms with E-state index in [1.54, 1.807) is 22.9 Å². The van der Waals surface area contributed by atoms with Crippen molar-refractivity contribution in [2.45, 2.75) is 62.8 Å². The number of aliphatic hydroxyl groups excluding tert-OH is 1. The number of phenolic OH excluding ortho intramolecular Hbond substituents is 1. The van der Waals surface area contributed by atoms with Gasteiger partial charge >= 0.3 is 5.97 Å². The first-order valence-corrected chi connectivity index (χ1v) is 21.8. The van der Waals surface area contributed by atoms with Crippen LogP contribution in [0.5, 0.6) is 11.5 Å². The van der Waals surface area contributed by atoms with Gasteiger partial charge in [-0.05, 0) is 89.7 Å². The fourth-order valence-electron chi connectivity index (χ4n) is 7.90. The maximum Gasteiger partial charge on any atom is 0.335 e. The lowest BCUT2D eigenvalue weighted by molar-refractivity contribution is -0.316. The molecule has 8 atom stereocenters. The van der Waals surface area contributed by atoms with Gasteiger partial charge in [0.25, 0.3) is 0 Å². The monoisotopic (exact) mass is 828 g/mol. The Labute approximate surface area is 344 Å². The second-order valence-corrected chi connectivity index (χ2v) is 17.3. The van der Waals surface area contributed by atoms with Crippen LogP contribution in [0.15, 0.2) is 107 Å². The third kappa shape index (κ3) is 9.03. The second-order valence-electron chi connectivity index (χ2n) is 14.8. The number of rotatable bonds is 10. The molecular weight excluding hydrogens is 781 g/mol. The third-order valence-corrected chi connectivity index (χ3v) is 13.2. The molecular formula is C44H48N2O10S2. The summed E-state index contributed by atoms with van der Waals surface area (Å²) in [5.41, 5.74) is 2.30. The largest absolute Gasteiger partial charge is 0.508 e.